The average Bonchev–Trinajstić information content (AvgIpc) is 2.88. The lowest BCUT2D eigenvalue weighted by Gasteiger charge is -2.34. The van der Waals surface area contributed by atoms with Gasteiger partial charge in [-0.15, -0.1) is 0 Å². The first-order valence-corrected chi connectivity index (χ1v) is 11.4. The van der Waals surface area contributed by atoms with Crippen LogP contribution in [0.5, 0.6) is 5.75 Å². The summed E-state index contributed by atoms with van der Waals surface area (Å²) in [5.74, 6) is -1.65. The van der Waals surface area contributed by atoms with Crippen LogP contribution >= 0.6 is 0 Å². The highest BCUT2D eigenvalue weighted by Gasteiger charge is 2.33. The fourth-order valence-electron chi connectivity index (χ4n) is 3.93. The molecule has 2 heterocycles. The van der Waals surface area contributed by atoms with E-state index in [0.29, 0.717) is 17.9 Å². The number of carboxylic acids is 2. The number of nitrogens with zero attached hydrogens (tertiary/aromatic N) is 5. The number of carbonyl (C=O) groups is 3. The van der Waals surface area contributed by atoms with Crippen molar-refractivity contribution >= 4 is 29.9 Å². The molecule has 1 unspecified atom stereocenters. The molecule has 4 rings (SSSR count). The summed E-state index contributed by atoms with van der Waals surface area (Å²) >= 11 is 0. The number of aromatic nitrogens is 3. The molecular formula is C25H26N6O6. The summed E-state index contributed by atoms with van der Waals surface area (Å²) in [6.07, 6.45) is 1.08. The van der Waals surface area contributed by atoms with Crippen LogP contribution in [0.4, 0.5) is 16.7 Å². The molecule has 3 N–H and O–H groups in total. The molecule has 0 saturated heterocycles. The highest BCUT2D eigenvalue weighted by Crippen LogP contribution is 2.27. The Hall–Kier alpha value is -4.74. The largest absolute Gasteiger partial charge is 0.480 e. The van der Waals surface area contributed by atoms with Gasteiger partial charge >= 0.3 is 18.0 Å². The molecule has 0 aliphatic carbocycles. The predicted molar refractivity (Wildman–Crippen MR) is 132 cm³/mol. The predicted octanol–water partition coefficient (Wildman–Crippen LogP) is 2.06. The van der Waals surface area contributed by atoms with E-state index in [1.54, 1.807) is 43.3 Å². The van der Waals surface area contributed by atoms with E-state index >= 15 is 0 Å². The van der Waals surface area contributed by atoms with Crippen molar-refractivity contribution in [3.8, 4) is 5.75 Å². The lowest BCUT2D eigenvalue weighted by Crippen LogP contribution is -2.46. The summed E-state index contributed by atoms with van der Waals surface area (Å²) in [7, 11) is 3.14. The third kappa shape index (κ3) is 6.10. The van der Waals surface area contributed by atoms with Crippen LogP contribution in [-0.4, -0.2) is 74.3 Å². The first-order chi connectivity index (χ1) is 17.7. The van der Waals surface area contributed by atoms with Gasteiger partial charge in [-0.2, -0.15) is 4.98 Å². The highest BCUT2D eigenvalue weighted by molar-refractivity contribution is 5.79. The third-order valence-corrected chi connectivity index (χ3v) is 5.88. The summed E-state index contributed by atoms with van der Waals surface area (Å²) in [6.45, 7) is 0.295. The van der Waals surface area contributed by atoms with Crippen molar-refractivity contribution in [3.63, 3.8) is 0 Å². The van der Waals surface area contributed by atoms with Gasteiger partial charge in [0.05, 0.1) is 0 Å². The topological polar surface area (TPSA) is 158 Å². The summed E-state index contributed by atoms with van der Waals surface area (Å²) < 4.78 is 5.18. The molecule has 0 saturated carbocycles. The number of rotatable bonds is 8. The zero-order valence-corrected chi connectivity index (χ0v) is 20.2. The van der Waals surface area contributed by atoms with E-state index in [1.165, 1.54) is 11.2 Å². The van der Waals surface area contributed by atoms with Crippen LogP contribution < -0.4 is 15.0 Å². The number of aliphatic carboxylic acids is 2. The van der Waals surface area contributed by atoms with Crippen molar-refractivity contribution in [1.29, 1.82) is 0 Å². The second-order valence-electron chi connectivity index (χ2n) is 8.71. The number of anilines is 2. The normalized spacial score (nSPS) is 15.3. The first-order valence-electron chi connectivity index (χ1n) is 11.4. The van der Waals surface area contributed by atoms with Gasteiger partial charge in [0.1, 0.15) is 24.2 Å². The van der Waals surface area contributed by atoms with Gasteiger partial charge in [-0.25, -0.2) is 24.4 Å². The molecule has 2 atom stereocenters. The van der Waals surface area contributed by atoms with Crippen molar-refractivity contribution in [2.75, 3.05) is 24.3 Å². The number of benzene rings is 2. The van der Waals surface area contributed by atoms with Crippen LogP contribution in [0.3, 0.4) is 0 Å². The summed E-state index contributed by atoms with van der Waals surface area (Å²) in [5, 5.41) is 22.4. The number of fused-ring (bicyclic) bond motifs is 1. The molecule has 1 aliphatic rings. The number of hydrogen-bond donors (Lipinski definition) is 3. The molecule has 12 heteroatoms. The van der Waals surface area contributed by atoms with Crippen LogP contribution in [0.15, 0.2) is 54.9 Å². The minimum atomic E-state index is -1.12. The quantitative estimate of drug-likeness (QED) is 0.410. The van der Waals surface area contributed by atoms with Crippen LogP contribution in [-0.2, 0) is 29.0 Å². The summed E-state index contributed by atoms with van der Waals surface area (Å²) in [6, 6.07) is 12.1. The molecule has 0 fully saturated rings. The van der Waals surface area contributed by atoms with E-state index in [4.69, 9.17) is 4.74 Å². The number of nitrogens with one attached hydrogen (secondary N) is 1. The Morgan fingerprint density at radius 1 is 1.08 bits per heavy atom. The maximum atomic E-state index is 12.0. The van der Waals surface area contributed by atoms with Gasteiger partial charge in [-0.1, -0.05) is 36.4 Å². The fourth-order valence-corrected chi connectivity index (χ4v) is 3.93. The lowest BCUT2D eigenvalue weighted by atomic mass is 9.94. The molecule has 0 bridgehead atoms. The van der Waals surface area contributed by atoms with E-state index in [1.807, 2.05) is 24.3 Å². The minimum absolute atomic E-state index is 0.0110. The van der Waals surface area contributed by atoms with Crippen molar-refractivity contribution in [2.45, 2.75) is 31.5 Å². The Balaban J connectivity index is 1.49. The van der Waals surface area contributed by atoms with Gasteiger partial charge in [0.25, 0.3) is 0 Å². The van der Waals surface area contributed by atoms with Gasteiger partial charge in [0, 0.05) is 33.5 Å². The first kappa shape index (κ1) is 25.4. The zero-order chi connectivity index (χ0) is 26.5. The molecule has 37 heavy (non-hydrogen) atoms. The van der Waals surface area contributed by atoms with Gasteiger partial charge < -0.3 is 30.1 Å². The Morgan fingerprint density at radius 2 is 1.78 bits per heavy atom. The maximum Gasteiger partial charge on any atom is 0.414 e. The van der Waals surface area contributed by atoms with Crippen molar-refractivity contribution in [1.82, 2.24) is 19.9 Å². The van der Waals surface area contributed by atoms with Crippen LogP contribution in [0.2, 0.25) is 0 Å². The van der Waals surface area contributed by atoms with E-state index in [-0.39, 0.29) is 24.7 Å². The Bertz CT molecular complexity index is 1300. The van der Waals surface area contributed by atoms with Gasteiger partial charge in [-0.05, 0) is 28.8 Å². The molecule has 0 spiro atoms. The number of carboxylic acid groups (broad SMARTS) is 2. The van der Waals surface area contributed by atoms with E-state index in [9.17, 15) is 24.6 Å². The van der Waals surface area contributed by atoms with E-state index < -0.39 is 30.1 Å². The summed E-state index contributed by atoms with van der Waals surface area (Å²) in [4.78, 5) is 51.0. The van der Waals surface area contributed by atoms with Gasteiger partial charge in [0.2, 0.25) is 11.9 Å². The molecule has 1 aliphatic heterocycles. The van der Waals surface area contributed by atoms with Crippen molar-refractivity contribution in [2.24, 2.45) is 0 Å². The van der Waals surface area contributed by atoms with Crippen molar-refractivity contribution < 1.29 is 29.3 Å². The van der Waals surface area contributed by atoms with Crippen molar-refractivity contribution in [3.05, 3.63) is 71.5 Å². The highest BCUT2D eigenvalue weighted by atomic mass is 16.6. The molecule has 2 aromatic carbocycles. The SMILES string of the molecule is CN(C)C(=O)Oc1ccc(C[C@H](Nc2ncnc(N3Cc4ccccc4CC3C(=O)O)n2)C(=O)O)cc1. The lowest BCUT2D eigenvalue weighted by molar-refractivity contribution is -0.139. The Morgan fingerprint density at radius 3 is 2.43 bits per heavy atom. The number of carbonyl (C=O) groups excluding carboxylic acids is 1. The van der Waals surface area contributed by atoms with E-state index in [0.717, 1.165) is 11.1 Å². The molecule has 0 radical (unpaired) electrons. The molecule has 3 aromatic rings. The Labute approximate surface area is 212 Å². The number of amides is 1. The monoisotopic (exact) mass is 506 g/mol. The fraction of sp³-hybridized carbons (Fsp3) is 0.280. The zero-order valence-electron chi connectivity index (χ0n) is 20.2. The molecule has 192 valence electrons. The third-order valence-electron chi connectivity index (χ3n) is 5.88. The van der Waals surface area contributed by atoms with Gasteiger partial charge in [0.15, 0.2) is 0 Å². The molecular weight excluding hydrogens is 480 g/mol. The van der Waals surface area contributed by atoms with Crippen LogP contribution in [0.25, 0.3) is 0 Å². The summed E-state index contributed by atoms with van der Waals surface area (Å²) in [5.41, 5.74) is 2.60. The maximum absolute atomic E-state index is 12.0. The van der Waals surface area contributed by atoms with Crippen LogP contribution in [0.1, 0.15) is 16.7 Å². The number of ether oxygens (including phenoxy) is 1. The second-order valence-corrected chi connectivity index (χ2v) is 8.71. The number of hydrogen-bond acceptors (Lipinski definition) is 9. The molecule has 1 aromatic heterocycles. The van der Waals surface area contributed by atoms with Gasteiger partial charge in [-0.3, -0.25) is 0 Å². The second kappa shape index (κ2) is 10.9. The molecule has 1 amide bonds. The minimum Gasteiger partial charge on any atom is -0.480 e. The smallest absolute Gasteiger partial charge is 0.414 e. The Kier molecular flexibility index (Phi) is 7.47. The molecule has 12 nitrogen and oxygen atoms in total. The average molecular weight is 507 g/mol. The standard InChI is InChI=1S/C25H26N6O6/c1-30(2)25(36)37-18-9-7-15(8-10-18)11-19(21(32)33)28-23-26-14-27-24(29-23)31-13-17-6-4-3-5-16(17)12-20(31)22(34)35/h3-10,14,19-20H,11-13H2,1-2H3,(H,32,33)(H,34,35)(H,26,27,28,29)/t19-,20?/m0/s1. The van der Waals surface area contributed by atoms with Crippen LogP contribution in [0, 0.1) is 0 Å². The van der Waals surface area contributed by atoms with E-state index in [2.05, 4.69) is 20.3 Å².